The Labute approximate surface area is 148 Å². The Bertz CT molecular complexity index is 707. The van der Waals surface area contributed by atoms with Crippen molar-refractivity contribution in [1.82, 2.24) is 14.9 Å². The third kappa shape index (κ3) is 5.53. The van der Waals surface area contributed by atoms with Crippen molar-refractivity contribution < 1.29 is 18.4 Å². The van der Waals surface area contributed by atoms with Crippen molar-refractivity contribution in [2.75, 3.05) is 0 Å². The number of rotatable bonds is 8. The molecule has 1 aromatic heterocycles. The average Bonchev–Trinajstić information content (AvgIpc) is 3.07. The highest BCUT2D eigenvalue weighted by Crippen LogP contribution is 2.20. The second kappa shape index (κ2) is 8.57. The Morgan fingerprint density at radius 1 is 1.28 bits per heavy atom. The van der Waals surface area contributed by atoms with E-state index >= 15 is 0 Å². The molecule has 0 aliphatic carbocycles. The molecule has 3 N–H and O–H groups in total. The van der Waals surface area contributed by atoms with Gasteiger partial charge in [-0.25, -0.2) is 13.8 Å². The normalized spacial score (nSPS) is 13.4. The van der Waals surface area contributed by atoms with E-state index in [4.69, 9.17) is 17.3 Å². The van der Waals surface area contributed by atoms with Gasteiger partial charge in [0.2, 0.25) is 11.8 Å². The monoisotopic (exact) mass is 370 g/mol. The Hall–Kier alpha value is -2.48. The first-order valence-corrected chi connectivity index (χ1v) is 7.83. The zero-order chi connectivity index (χ0) is 18.4. The van der Waals surface area contributed by atoms with Crippen molar-refractivity contribution in [3.05, 3.63) is 53.6 Å². The summed E-state index contributed by atoms with van der Waals surface area (Å²) >= 11 is 5.79. The molecule has 2 atom stereocenters. The van der Waals surface area contributed by atoms with Gasteiger partial charge in [-0.2, -0.15) is 0 Å². The minimum Gasteiger partial charge on any atom is -0.368 e. The summed E-state index contributed by atoms with van der Waals surface area (Å²) in [6, 6.07) is 4.29. The number of amides is 2. The smallest absolute Gasteiger partial charge is 0.259 e. The molecule has 134 valence electrons. The highest BCUT2D eigenvalue weighted by Gasteiger charge is 2.27. The van der Waals surface area contributed by atoms with E-state index in [9.17, 15) is 18.4 Å². The van der Waals surface area contributed by atoms with Gasteiger partial charge in [-0.15, -0.1) is 0 Å². The van der Waals surface area contributed by atoms with Gasteiger partial charge in [-0.3, -0.25) is 9.59 Å². The maximum absolute atomic E-state index is 13.2. The van der Waals surface area contributed by atoms with Gasteiger partial charge in [-0.05, 0) is 17.7 Å². The lowest BCUT2D eigenvalue weighted by atomic mass is 10.0. The number of nitrogens with zero attached hydrogens (tertiary/aromatic N) is 2. The maximum atomic E-state index is 13.2. The summed E-state index contributed by atoms with van der Waals surface area (Å²) in [4.78, 5) is 27.4. The van der Waals surface area contributed by atoms with Crippen LogP contribution in [0.15, 0.2) is 43.0 Å². The van der Waals surface area contributed by atoms with Crippen LogP contribution in [0.4, 0.5) is 8.78 Å². The number of nitrogens with two attached hydrogens (primary N) is 1. The number of benzene rings is 1. The first kappa shape index (κ1) is 18.9. The minimum atomic E-state index is -2.76. The molecule has 2 rings (SSSR count). The largest absolute Gasteiger partial charge is 0.368 e. The van der Waals surface area contributed by atoms with Crippen LogP contribution in [0.2, 0.25) is 5.02 Å². The van der Waals surface area contributed by atoms with Crippen LogP contribution >= 0.6 is 11.6 Å². The topological polar surface area (TPSA) is 90.0 Å². The molecule has 1 aromatic carbocycles. The summed E-state index contributed by atoms with van der Waals surface area (Å²) in [5, 5.41) is 2.94. The number of primary amides is 1. The van der Waals surface area contributed by atoms with Gasteiger partial charge >= 0.3 is 0 Å². The Kier molecular flexibility index (Phi) is 6.46. The third-order valence-corrected chi connectivity index (χ3v) is 3.88. The molecular formula is C16H17ClF2N4O2. The van der Waals surface area contributed by atoms with Crippen molar-refractivity contribution in [3.8, 4) is 0 Å². The van der Waals surface area contributed by atoms with Crippen molar-refractivity contribution in [2.24, 2.45) is 5.73 Å². The highest BCUT2D eigenvalue weighted by atomic mass is 35.5. The lowest BCUT2D eigenvalue weighted by molar-refractivity contribution is -0.128. The number of nitrogens with one attached hydrogen (secondary N) is 1. The van der Waals surface area contributed by atoms with E-state index in [2.05, 4.69) is 10.3 Å². The molecule has 0 saturated heterocycles. The summed E-state index contributed by atoms with van der Waals surface area (Å²) in [6.45, 7) is 0. The van der Waals surface area contributed by atoms with Crippen LogP contribution in [0.1, 0.15) is 18.0 Å². The van der Waals surface area contributed by atoms with Crippen molar-refractivity contribution >= 4 is 23.4 Å². The number of imidazole rings is 1. The fourth-order valence-corrected chi connectivity index (χ4v) is 2.44. The van der Waals surface area contributed by atoms with Crippen LogP contribution in [-0.2, 0) is 16.0 Å². The average molecular weight is 371 g/mol. The van der Waals surface area contributed by atoms with E-state index in [1.807, 2.05) is 0 Å². The number of carbonyl (C=O) groups excluding carboxylic acids is 2. The van der Waals surface area contributed by atoms with E-state index < -0.39 is 36.7 Å². The van der Waals surface area contributed by atoms with E-state index in [-0.39, 0.29) is 6.42 Å². The molecule has 0 aliphatic rings. The molecule has 9 heteroatoms. The molecule has 2 unspecified atom stereocenters. The van der Waals surface area contributed by atoms with Crippen molar-refractivity contribution in [1.29, 1.82) is 0 Å². The molecule has 2 aromatic rings. The zero-order valence-corrected chi connectivity index (χ0v) is 13.9. The van der Waals surface area contributed by atoms with E-state index in [0.29, 0.717) is 5.02 Å². The van der Waals surface area contributed by atoms with Crippen LogP contribution in [0.25, 0.3) is 0 Å². The molecule has 0 aliphatic heterocycles. The first-order valence-electron chi connectivity index (χ1n) is 7.45. The van der Waals surface area contributed by atoms with Crippen LogP contribution in [0.5, 0.6) is 0 Å². The predicted octanol–water partition coefficient (Wildman–Crippen LogP) is 1.95. The molecule has 2 amide bonds. The maximum Gasteiger partial charge on any atom is 0.259 e. The molecule has 25 heavy (non-hydrogen) atoms. The summed E-state index contributed by atoms with van der Waals surface area (Å²) in [7, 11) is 0. The molecular weight excluding hydrogens is 354 g/mol. The fraction of sp³-hybridized carbons (Fsp3) is 0.312. The standard InChI is InChI=1S/C16H17ClF2N4O2/c17-11-3-1-10(2-4-11)7-12(16(20)25)22-14(24)8-13(15(18)19)23-6-5-21-9-23/h1-6,9,12-13,15H,7-8H2,(H2,20,25)(H,22,24). The number of aromatic nitrogens is 2. The lowest BCUT2D eigenvalue weighted by Crippen LogP contribution is -2.46. The lowest BCUT2D eigenvalue weighted by Gasteiger charge is -2.20. The Morgan fingerprint density at radius 2 is 1.96 bits per heavy atom. The van der Waals surface area contributed by atoms with Gasteiger partial charge in [0.1, 0.15) is 12.1 Å². The quantitative estimate of drug-likeness (QED) is 0.744. The Morgan fingerprint density at radius 3 is 2.48 bits per heavy atom. The van der Waals surface area contributed by atoms with E-state index in [1.165, 1.54) is 18.7 Å². The van der Waals surface area contributed by atoms with Crippen LogP contribution in [0, 0.1) is 0 Å². The van der Waals surface area contributed by atoms with Crippen LogP contribution in [0.3, 0.4) is 0 Å². The second-order valence-corrected chi connectivity index (χ2v) is 5.91. The number of halogens is 3. The van der Waals surface area contributed by atoms with E-state index in [0.717, 1.165) is 10.1 Å². The number of alkyl halides is 2. The van der Waals surface area contributed by atoms with E-state index in [1.54, 1.807) is 24.3 Å². The molecule has 0 fully saturated rings. The van der Waals surface area contributed by atoms with Gasteiger partial charge in [0.25, 0.3) is 6.43 Å². The van der Waals surface area contributed by atoms with Gasteiger partial charge < -0.3 is 15.6 Å². The molecule has 6 nitrogen and oxygen atoms in total. The molecule has 1 heterocycles. The SMILES string of the molecule is NC(=O)C(Cc1ccc(Cl)cc1)NC(=O)CC(C(F)F)n1ccnc1. The number of carbonyl (C=O) groups is 2. The summed E-state index contributed by atoms with van der Waals surface area (Å²) < 4.78 is 27.5. The minimum absolute atomic E-state index is 0.142. The van der Waals surface area contributed by atoms with Gasteiger partial charge in [0.05, 0.1) is 12.7 Å². The molecule has 0 bridgehead atoms. The summed E-state index contributed by atoms with van der Waals surface area (Å²) in [5.41, 5.74) is 6.03. The summed E-state index contributed by atoms with van der Waals surface area (Å²) in [5.74, 6) is -1.45. The second-order valence-electron chi connectivity index (χ2n) is 5.47. The highest BCUT2D eigenvalue weighted by molar-refractivity contribution is 6.30. The summed E-state index contributed by atoms with van der Waals surface area (Å²) in [6.07, 6.45) is 0.789. The molecule has 0 radical (unpaired) electrons. The van der Waals surface area contributed by atoms with Crippen molar-refractivity contribution in [2.45, 2.75) is 31.4 Å². The van der Waals surface area contributed by atoms with Gasteiger partial charge in [0, 0.05) is 23.8 Å². The van der Waals surface area contributed by atoms with Crippen molar-refractivity contribution in [3.63, 3.8) is 0 Å². The van der Waals surface area contributed by atoms with Gasteiger partial charge in [0.15, 0.2) is 0 Å². The molecule has 0 spiro atoms. The third-order valence-electron chi connectivity index (χ3n) is 3.62. The van der Waals surface area contributed by atoms with Crippen LogP contribution < -0.4 is 11.1 Å². The fourth-order valence-electron chi connectivity index (χ4n) is 2.31. The number of hydrogen-bond donors (Lipinski definition) is 2. The molecule has 0 saturated carbocycles. The first-order chi connectivity index (χ1) is 11.9. The zero-order valence-electron chi connectivity index (χ0n) is 13.1. The number of hydrogen-bond acceptors (Lipinski definition) is 3. The van der Waals surface area contributed by atoms with Crippen LogP contribution in [-0.4, -0.2) is 33.8 Å². The predicted molar refractivity (Wildman–Crippen MR) is 88.2 cm³/mol. The van der Waals surface area contributed by atoms with Gasteiger partial charge in [-0.1, -0.05) is 23.7 Å². The Balaban J connectivity index is 2.01.